The first-order valence-corrected chi connectivity index (χ1v) is 12.6. The third-order valence-electron chi connectivity index (χ3n) is 5.43. The summed E-state index contributed by atoms with van der Waals surface area (Å²) >= 11 is 3.50. The molecule has 0 fully saturated rings. The van der Waals surface area contributed by atoms with E-state index in [0.29, 0.717) is 17.9 Å². The van der Waals surface area contributed by atoms with E-state index in [1.165, 1.54) is 0 Å². The quantitative estimate of drug-likeness (QED) is 0.366. The van der Waals surface area contributed by atoms with Crippen LogP contribution in [0.4, 0.5) is 0 Å². The Balaban J connectivity index is 1.94. The molecule has 1 atom stereocenters. The van der Waals surface area contributed by atoms with Crippen LogP contribution in [0, 0.1) is 0 Å². The van der Waals surface area contributed by atoms with E-state index in [9.17, 15) is 9.59 Å². The van der Waals surface area contributed by atoms with Crippen LogP contribution in [0.5, 0.6) is 11.5 Å². The minimum Gasteiger partial charge on any atom is -0.493 e. The average molecular weight is 553 g/mol. The Hall–Kier alpha value is -3.32. The van der Waals surface area contributed by atoms with Gasteiger partial charge in [0.05, 0.1) is 7.11 Å². The van der Waals surface area contributed by atoms with Gasteiger partial charge >= 0.3 is 0 Å². The average Bonchev–Trinajstić information content (AvgIpc) is 2.84. The first-order valence-electron chi connectivity index (χ1n) is 11.8. The SMILES string of the molecule is COc1ccccc1OCC(=O)N(Cc1cccc(Br)c1)C(Cc1ccccc1)C(=O)NC(C)(C)C. The number of amides is 2. The maximum atomic E-state index is 13.7. The zero-order chi connectivity index (χ0) is 26.1. The summed E-state index contributed by atoms with van der Waals surface area (Å²) in [5.74, 6) is 0.488. The second-order valence-electron chi connectivity index (χ2n) is 9.54. The fourth-order valence-corrected chi connectivity index (χ4v) is 4.25. The van der Waals surface area contributed by atoms with Crippen molar-refractivity contribution >= 4 is 27.7 Å². The number of nitrogens with one attached hydrogen (secondary N) is 1. The topological polar surface area (TPSA) is 67.9 Å². The molecular formula is C29H33BrN2O4. The Morgan fingerprint density at radius 1 is 0.917 bits per heavy atom. The van der Waals surface area contributed by atoms with E-state index in [2.05, 4.69) is 21.2 Å². The molecule has 0 saturated heterocycles. The van der Waals surface area contributed by atoms with E-state index >= 15 is 0 Å². The van der Waals surface area contributed by atoms with Gasteiger partial charge in [-0.15, -0.1) is 0 Å². The summed E-state index contributed by atoms with van der Waals surface area (Å²) in [4.78, 5) is 28.8. The van der Waals surface area contributed by atoms with Gasteiger partial charge in [0.25, 0.3) is 5.91 Å². The number of carbonyl (C=O) groups excluding carboxylic acids is 2. The fourth-order valence-electron chi connectivity index (χ4n) is 3.80. The van der Waals surface area contributed by atoms with Crippen molar-refractivity contribution in [3.63, 3.8) is 0 Å². The van der Waals surface area contributed by atoms with Crippen molar-refractivity contribution < 1.29 is 19.1 Å². The number of hydrogen-bond donors (Lipinski definition) is 1. The molecular weight excluding hydrogens is 520 g/mol. The molecule has 2 amide bonds. The fraction of sp³-hybridized carbons (Fsp3) is 0.310. The summed E-state index contributed by atoms with van der Waals surface area (Å²) in [6.45, 7) is 5.80. The summed E-state index contributed by atoms with van der Waals surface area (Å²) < 4.78 is 12.1. The lowest BCUT2D eigenvalue weighted by Gasteiger charge is -2.33. The zero-order valence-electron chi connectivity index (χ0n) is 21.2. The van der Waals surface area contributed by atoms with Gasteiger partial charge in [-0.25, -0.2) is 0 Å². The van der Waals surface area contributed by atoms with Crippen LogP contribution in [0.15, 0.2) is 83.3 Å². The van der Waals surface area contributed by atoms with Crippen molar-refractivity contribution in [2.75, 3.05) is 13.7 Å². The molecule has 0 bridgehead atoms. The second kappa shape index (κ2) is 12.6. The minimum atomic E-state index is -0.737. The predicted octanol–water partition coefficient (Wildman–Crippen LogP) is 5.39. The van der Waals surface area contributed by atoms with Crippen LogP contribution in [0.1, 0.15) is 31.9 Å². The monoisotopic (exact) mass is 552 g/mol. The molecule has 3 aromatic carbocycles. The Bertz CT molecular complexity index is 1160. The molecule has 6 nitrogen and oxygen atoms in total. The second-order valence-corrected chi connectivity index (χ2v) is 10.5. The highest BCUT2D eigenvalue weighted by atomic mass is 79.9. The van der Waals surface area contributed by atoms with Crippen LogP contribution in [-0.4, -0.2) is 42.0 Å². The summed E-state index contributed by atoms with van der Waals surface area (Å²) in [5.41, 5.74) is 1.41. The first kappa shape index (κ1) is 27.3. The standard InChI is InChI=1S/C29H33BrN2O4/c1-29(2,3)31-28(34)24(18-21-11-6-5-7-12-21)32(19-22-13-10-14-23(30)17-22)27(33)20-36-26-16-9-8-15-25(26)35-4/h5-17,24H,18-20H2,1-4H3,(H,31,34). The number of hydrogen-bond acceptors (Lipinski definition) is 4. The first-order chi connectivity index (χ1) is 17.2. The van der Waals surface area contributed by atoms with Crippen LogP contribution in [0.3, 0.4) is 0 Å². The lowest BCUT2D eigenvalue weighted by molar-refractivity contribution is -0.143. The smallest absolute Gasteiger partial charge is 0.261 e. The third kappa shape index (κ3) is 8.12. The Morgan fingerprint density at radius 2 is 1.56 bits per heavy atom. The highest BCUT2D eigenvalue weighted by Crippen LogP contribution is 2.26. The summed E-state index contributed by atoms with van der Waals surface area (Å²) in [7, 11) is 1.55. The number of rotatable bonds is 10. The predicted molar refractivity (Wildman–Crippen MR) is 145 cm³/mol. The summed E-state index contributed by atoms with van der Waals surface area (Å²) in [6.07, 6.45) is 0.372. The zero-order valence-corrected chi connectivity index (χ0v) is 22.7. The highest BCUT2D eigenvalue weighted by molar-refractivity contribution is 9.10. The van der Waals surface area contributed by atoms with Crippen LogP contribution >= 0.6 is 15.9 Å². The van der Waals surface area contributed by atoms with Crippen molar-refractivity contribution in [1.82, 2.24) is 10.2 Å². The molecule has 3 rings (SSSR count). The normalized spacial score (nSPS) is 11.9. The molecule has 190 valence electrons. The minimum absolute atomic E-state index is 0.216. The van der Waals surface area contributed by atoms with Gasteiger partial charge in [-0.05, 0) is 56.2 Å². The van der Waals surface area contributed by atoms with E-state index in [4.69, 9.17) is 9.47 Å². The van der Waals surface area contributed by atoms with Crippen LogP contribution in [-0.2, 0) is 22.6 Å². The maximum Gasteiger partial charge on any atom is 0.261 e. The Kier molecular flexibility index (Phi) is 9.53. The van der Waals surface area contributed by atoms with Crippen LogP contribution < -0.4 is 14.8 Å². The number of benzene rings is 3. The molecule has 0 aromatic heterocycles. The molecule has 0 aliphatic rings. The molecule has 7 heteroatoms. The van der Waals surface area contributed by atoms with Crippen LogP contribution in [0.2, 0.25) is 0 Å². The Morgan fingerprint density at radius 3 is 2.19 bits per heavy atom. The van der Waals surface area contributed by atoms with Crippen molar-refractivity contribution in [2.24, 2.45) is 0 Å². The van der Waals surface area contributed by atoms with Crippen molar-refractivity contribution in [1.29, 1.82) is 0 Å². The van der Waals surface area contributed by atoms with Gasteiger partial charge in [-0.2, -0.15) is 0 Å². The Labute approximate surface area is 221 Å². The van der Waals surface area contributed by atoms with Gasteiger partial charge in [0.1, 0.15) is 6.04 Å². The molecule has 0 aliphatic carbocycles. The number of carbonyl (C=O) groups is 2. The van der Waals surface area contributed by atoms with E-state index < -0.39 is 11.6 Å². The van der Waals surface area contributed by atoms with E-state index in [1.807, 2.05) is 87.5 Å². The van der Waals surface area contributed by atoms with Crippen molar-refractivity contribution in [2.45, 2.75) is 45.3 Å². The van der Waals surface area contributed by atoms with Gasteiger partial charge in [-0.3, -0.25) is 9.59 Å². The van der Waals surface area contributed by atoms with E-state index in [1.54, 1.807) is 24.1 Å². The number of halogens is 1. The van der Waals surface area contributed by atoms with E-state index in [-0.39, 0.29) is 25.0 Å². The number of methoxy groups -OCH3 is 1. The van der Waals surface area contributed by atoms with Gasteiger partial charge in [0.2, 0.25) is 5.91 Å². The number of nitrogens with zero attached hydrogens (tertiary/aromatic N) is 1. The van der Waals surface area contributed by atoms with Crippen molar-refractivity contribution in [3.8, 4) is 11.5 Å². The largest absolute Gasteiger partial charge is 0.493 e. The molecule has 0 saturated carbocycles. The van der Waals surface area contributed by atoms with Gasteiger partial charge < -0.3 is 19.7 Å². The van der Waals surface area contributed by atoms with Gasteiger partial charge in [0, 0.05) is 23.0 Å². The lowest BCUT2D eigenvalue weighted by Crippen LogP contribution is -2.55. The van der Waals surface area contributed by atoms with E-state index in [0.717, 1.165) is 15.6 Å². The molecule has 1 N–H and O–H groups in total. The third-order valence-corrected chi connectivity index (χ3v) is 5.92. The molecule has 3 aromatic rings. The number of ether oxygens (including phenoxy) is 2. The van der Waals surface area contributed by atoms with Crippen LogP contribution in [0.25, 0.3) is 0 Å². The maximum absolute atomic E-state index is 13.7. The molecule has 1 unspecified atom stereocenters. The summed E-state index contributed by atoms with van der Waals surface area (Å²) in [5, 5.41) is 3.06. The number of para-hydroxylation sites is 2. The highest BCUT2D eigenvalue weighted by Gasteiger charge is 2.32. The molecule has 0 radical (unpaired) electrons. The van der Waals surface area contributed by atoms with Gasteiger partial charge in [0.15, 0.2) is 18.1 Å². The summed E-state index contributed by atoms with van der Waals surface area (Å²) in [6, 6.07) is 23.9. The molecule has 0 aliphatic heterocycles. The molecule has 36 heavy (non-hydrogen) atoms. The molecule has 0 heterocycles. The van der Waals surface area contributed by atoms with Crippen molar-refractivity contribution in [3.05, 3.63) is 94.5 Å². The molecule has 0 spiro atoms. The van der Waals surface area contributed by atoms with Gasteiger partial charge in [-0.1, -0.05) is 70.5 Å². The lowest BCUT2D eigenvalue weighted by atomic mass is 10.0.